The summed E-state index contributed by atoms with van der Waals surface area (Å²) >= 11 is 5.56. The van der Waals surface area contributed by atoms with Gasteiger partial charge in [0.1, 0.15) is 0 Å². The van der Waals surface area contributed by atoms with Crippen molar-refractivity contribution in [2.24, 2.45) is 0 Å². The van der Waals surface area contributed by atoms with Gasteiger partial charge in [0, 0.05) is 17.4 Å². The number of sulfonamides is 2. The number of rotatable bonds is 10. The van der Waals surface area contributed by atoms with Crippen LogP contribution in [0.1, 0.15) is 19.4 Å². The molecule has 0 unspecified atom stereocenters. The van der Waals surface area contributed by atoms with Crippen molar-refractivity contribution < 1.29 is 39.5 Å². The molecular formula is C23H22ClF3N2O6S2. The van der Waals surface area contributed by atoms with E-state index in [1.165, 1.54) is 30.3 Å². The molecule has 37 heavy (non-hydrogen) atoms. The fourth-order valence-corrected chi connectivity index (χ4v) is 5.48. The number of alkyl halides is 3. The molecule has 0 saturated heterocycles. The van der Waals surface area contributed by atoms with Crippen molar-refractivity contribution in [3.8, 4) is 11.5 Å². The smallest absolute Gasteiger partial charge is 0.417 e. The summed E-state index contributed by atoms with van der Waals surface area (Å²) in [5, 5.41) is -0.576. The predicted octanol–water partition coefficient (Wildman–Crippen LogP) is 5.76. The van der Waals surface area contributed by atoms with E-state index in [1.807, 2.05) is 0 Å². The molecule has 0 amide bonds. The minimum Gasteiger partial charge on any atom is -0.490 e. The van der Waals surface area contributed by atoms with Crippen LogP contribution in [0.3, 0.4) is 0 Å². The molecule has 3 aromatic rings. The molecule has 0 aliphatic heterocycles. The topological polar surface area (TPSA) is 111 Å². The summed E-state index contributed by atoms with van der Waals surface area (Å²) in [6.45, 7) is 4.16. The molecule has 0 radical (unpaired) electrons. The van der Waals surface area contributed by atoms with Gasteiger partial charge in [-0.05, 0) is 68.4 Å². The average molecular weight is 579 g/mol. The van der Waals surface area contributed by atoms with Gasteiger partial charge < -0.3 is 9.47 Å². The first-order chi connectivity index (χ1) is 17.3. The minimum absolute atomic E-state index is 0.0524. The lowest BCUT2D eigenvalue weighted by Crippen LogP contribution is -2.15. The van der Waals surface area contributed by atoms with Crippen molar-refractivity contribution in [3.05, 3.63) is 71.2 Å². The first-order valence-corrected chi connectivity index (χ1v) is 14.0. The Labute approximate surface area is 217 Å². The van der Waals surface area contributed by atoms with Crippen molar-refractivity contribution in [1.82, 2.24) is 0 Å². The molecule has 3 aromatic carbocycles. The van der Waals surface area contributed by atoms with Crippen LogP contribution in [0.15, 0.2) is 70.5 Å². The highest BCUT2D eigenvalue weighted by molar-refractivity contribution is 7.93. The molecule has 0 heterocycles. The average Bonchev–Trinajstić information content (AvgIpc) is 2.81. The summed E-state index contributed by atoms with van der Waals surface area (Å²) in [5.41, 5.74) is -1.49. The van der Waals surface area contributed by atoms with Crippen LogP contribution < -0.4 is 18.9 Å². The van der Waals surface area contributed by atoms with Gasteiger partial charge in [-0.2, -0.15) is 13.2 Å². The molecule has 14 heteroatoms. The van der Waals surface area contributed by atoms with Crippen molar-refractivity contribution in [3.63, 3.8) is 0 Å². The summed E-state index contributed by atoms with van der Waals surface area (Å²) < 4.78 is 105. The monoisotopic (exact) mass is 578 g/mol. The van der Waals surface area contributed by atoms with Crippen LogP contribution in [0, 0.1) is 0 Å². The first-order valence-electron chi connectivity index (χ1n) is 10.7. The largest absolute Gasteiger partial charge is 0.490 e. The number of benzene rings is 3. The number of halogens is 4. The molecule has 0 fully saturated rings. The van der Waals surface area contributed by atoms with E-state index in [4.69, 9.17) is 21.1 Å². The van der Waals surface area contributed by atoms with E-state index in [0.717, 1.165) is 24.3 Å². The number of ether oxygens (including phenoxy) is 2. The van der Waals surface area contributed by atoms with Gasteiger partial charge in [0.05, 0.1) is 33.6 Å². The summed E-state index contributed by atoms with van der Waals surface area (Å²) in [5.74, 6) is 0.629. The van der Waals surface area contributed by atoms with E-state index >= 15 is 0 Å². The van der Waals surface area contributed by atoms with Gasteiger partial charge in [0.25, 0.3) is 20.0 Å². The lowest BCUT2D eigenvalue weighted by atomic mass is 10.2. The second kappa shape index (κ2) is 11.1. The van der Waals surface area contributed by atoms with Gasteiger partial charge >= 0.3 is 6.18 Å². The molecule has 0 atom stereocenters. The van der Waals surface area contributed by atoms with Gasteiger partial charge in [-0.3, -0.25) is 9.44 Å². The zero-order valence-electron chi connectivity index (χ0n) is 19.5. The number of nitrogens with one attached hydrogen (secondary N) is 2. The zero-order chi connectivity index (χ0) is 27.4. The Hall–Kier alpha value is -3.16. The lowest BCUT2D eigenvalue weighted by Gasteiger charge is -2.14. The summed E-state index contributed by atoms with van der Waals surface area (Å²) in [6.07, 6.45) is -4.77. The summed E-state index contributed by atoms with van der Waals surface area (Å²) in [6, 6.07) is 11.3. The first kappa shape index (κ1) is 28.4. The van der Waals surface area contributed by atoms with E-state index in [9.17, 15) is 30.0 Å². The highest BCUT2D eigenvalue weighted by atomic mass is 35.5. The number of hydrogen-bond donors (Lipinski definition) is 2. The molecule has 0 spiro atoms. The number of anilines is 2. The van der Waals surface area contributed by atoms with Crippen LogP contribution >= 0.6 is 11.6 Å². The van der Waals surface area contributed by atoms with Crippen molar-refractivity contribution in [2.75, 3.05) is 22.7 Å². The van der Waals surface area contributed by atoms with Crippen molar-refractivity contribution in [1.29, 1.82) is 0 Å². The van der Waals surface area contributed by atoms with Crippen molar-refractivity contribution >= 4 is 43.0 Å². The summed E-state index contributed by atoms with van der Waals surface area (Å²) in [7, 11) is -8.37. The molecule has 0 saturated carbocycles. The molecule has 200 valence electrons. The Balaban J connectivity index is 1.80. The molecule has 2 N–H and O–H groups in total. The van der Waals surface area contributed by atoms with E-state index in [1.54, 1.807) is 13.8 Å². The molecule has 0 bridgehead atoms. The third kappa shape index (κ3) is 6.99. The maximum atomic E-state index is 13.1. The minimum atomic E-state index is -4.77. The normalized spacial score (nSPS) is 12.2. The molecule has 3 rings (SSSR count). The SMILES string of the molecule is CCOc1ccc(S(=O)(=O)Nc2ccc(S(=O)(=O)Nc3ccc(Cl)c(C(F)(F)F)c3)cc2)cc1OCC. The molecular weight excluding hydrogens is 557 g/mol. The quantitative estimate of drug-likeness (QED) is 0.316. The Morgan fingerprint density at radius 1 is 0.730 bits per heavy atom. The lowest BCUT2D eigenvalue weighted by molar-refractivity contribution is -0.137. The maximum Gasteiger partial charge on any atom is 0.417 e. The Bertz CT molecular complexity index is 1480. The van der Waals surface area contributed by atoms with E-state index in [2.05, 4.69) is 9.44 Å². The predicted molar refractivity (Wildman–Crippen MR) is 133 cm³/mol. The van der Waals surface area contributed by atoms with Crippen LogP contribution in [0.2, 0.25) is 5.02 Å². The molecule has 0 aliphatic rings. The second-order valence-electron chi connectivity index (χ2n) is 7.40. The van der Waals surface area contributed by atoms with Crippen LogP contribution in [0.25, 0.3) is 0 Å². The third-order valence-corrected chi connectivity index (χ3v) is 7.87. The van der Waals surface area contributed by atoms with E-state index in [-0.39, 0.29) is 33.5 Å². The van der Waals surface area contributed by atoms with E-state index in [0.29, 0.717) is 18.4 Å². The third-order valence-electron chi connectivity index (χ3n) is 4.77. The Morgan fingerprint density at radius 2 is 1.24 bits per heavy atom. The Morgan fingerprint density at radius 3 is 1.84 bits per heavy atom. The Kier molecular flexibility index (Phi) is 8.50. The van der Waals surface area contributed by atoms with Crippen LogP contribution in [0.4, 0.5) is 24.5 Å². The van der Waals surface area contributed by atoms with Gasteiger partial charge in [0.15, 0.2) is 11.5 Å². The van der Waals surface area contributed by atoms with Crippen LogP contribution in [-0.2, 0) is 26.2 Å². The fourth-order valence-electron chi connectivity index (χ4n) is 3.13. The van der Waals surface area contributed by atoms with E-state index < -0.39 is 36.8 Å². The highest BCUT2D eigenvalue weighted by Gasteiger charge is 2.33. The van der Waals surface area contributed by atoms with Gasteiger partial charge in [-0.1, -0.05) is 11.6 Å². The van der Waals surface area contributed by atoms with Crippen LogP contribution in [0.5, 0.6) is 11.5 Å². The van der Waals surface area contributed by atoms with Gasteiger partial charge in [0.2, 0.25) is 0 Å². The molecule has 8 nitrogen and oxygen atoms in total. The standard InChI is InChI=1S/C23H22ClF3N2O6S2/c1-3-34-21-12-10-18(14-22(21)35-4-2)37(32,33)28-15-5-8-17(9-6-15)36(30,31)29-16-7-11-20(24)19(13-16)23(25,26)27/h5-14,28-29H,3-4H2,1-2H3. The molecule has 0 aromatic heterocycles. The fraction of sp³-hybridized carbons (Fsp3) is 0.217. The summed E-state index contributed by atoms with van der Waals surface area (Å²) in [4.78, 5) is -0.417. The zero-order valence-corrected chi connectivity index (χ0v) is 21.9. The van der Waals surface area contributed by atoms with Gasteiger partial charge in [-0.15, -0.1) is 0 Å². The van der Waals surface area contributed by atoms with Crippen molar-refractivity contribution in [2.45, 2.75) is 29.8 Å². The number of hydrogen-bond acceptors (Lipinski definition) is 6. The van der Waals surface area contributed by atoms with Gasteiger partial charge in [-0.25, -0.2) is 16.8 Å². The highest BCUT2D eigenvalue weighted by Crippen LogP contribution is 2.36. The second-order valence-corrected chi connectivity index (χ2v) is 11.2. The molecule has 0 aliphatic carbocycles. The van der Waals surface area contributed by atoms with Crippen LogP contribution in [-0.4, -0.2) is 30.0 Å². The maximum absolute atomic E-state index is 13.1.